The first kappa shape index (κ1) is 20.5. The van der Waals surface area contributed by atoms with E-state index in [0.29, 0.717) is 0 Å². The maximum Gasteiger partial charge on any atom is 0.190 e. The molecule has 5 heteroatoms. The second-order valence-electron chi connectivity index (χ2n) is 7.97. The average molecular weight is 352 g/mol. The molecule has 0 bridgehead atoms. The predicted molar refractivity (Wildman–Crippen MR) is 108 cm³/mol. The molecule has 2 heterocycles. The Bertz CT molecular complexity index is 368. The molecular weight excluding hydrogens is 310 g/mol. The van der Waals surface area contributed by atoms with Crippen molar-refractivity contribution in [2.45, 2.75) is 52.4 Å². The molecule has 0 atom stereocenters. The van der Waals surface area contributed by atoms with Crippen LogP contribution in [0.2, 0.25) is 0 Å². The van der Waals surface area contributed by atoms with E-state index < -0.39 is 0 Å². The Kier molecular flexibility index (Phi) is 9.63. The lowest BCUT2D eigenvalue weighted by atomic mass is 9.93. The second-order valence-corrected chi connectivity index (χ2v) is 7.97. The molecule has 2 rings (SSSR count). The van der Waals surface area contributed by atoms with Crippen LogP contribution in [0.25, 0.3) is 0 Å². The molecule has 5 nitrogen and oxygen atoms in total. The minimum absolute atomic E-state index is 0.884. The lowest BCUT2D eigenvalue weighted by molar-refractivity contribution is 0.187. The SMILES string of the molecule is CCN1CCC(CCNC(=NC)NCCCN2CCC(C)CC2)CC1. The van der Waals surface area contributed by atoms with E-state index in [1.54, 1.807) is 0 Å². The van der Waals surface area contributed by atoms with Crippen LogP contribution in [0.3, 0.4) is 0 Å². The number of nitrogens with zero attached hydrogens (tertiary/aromatic N) is 3. The first-order chi connectivity index (χ1) is 12.2. The maximum atomic E-state index is 4.36. The average Bonchev–Trinajstić information content (AvgIpc) is 2.65. The summed E-state index contributed by atoms with van der Waals surface area (Å²) in [5, 5.41) is 6.97. The van der Waals surface area contributed by atoms with E-state index in [9.17, 15) is 0 Å². The van der Waals surface area contributed by atoms with Gasteiger partial charge in [0.15, 0.2) is 5.96 Å². The van der Waals surface area contributed by atoms with Gasteiger partial charge in [0.05, 0.1) is 0 Å². The molecule has 2 saturated heterocycles. The largest absolute Gasteiger partial charge is 0.356 e. The van der Waals surface area contributed by atoms with Crippen LogP contribution in [-0.4, -0.2) is 75.2 Å². The van der Waals surface area contributed by atoms with Crippen molar-refractivity contribution in [3.8, 4) is 0 Å². The van der Waals surface area contributed by atoms with Crippen LogP contribution in [0.1, 0.15) is 52.4 Å². The predicted octanol–water partition coefficient (Wildman–Crippen LogP) is 2.40. The highest BCUT2D eigenvalue weighted by Crippen LogP contribution is 2.19. The van der Waals surface area contributed by atoms with E-state index in [0.717, 1.165) is 30.9 Å². The molecule has 146 valence electrons. The molecule has 25 heavy (non-hydrogen) atoms. The Labute approximate surface area is 155 Å². The van der Waals surface area contributed by atoms with Gasteiger partial charge in [0.1, 0.15) is 0 Å². The van der Waals surface area contributed by atoms with E-state index in [-0.39, 0.29) is 0 Å². The van der Waals surface area contributed by atoms with Gasteiger partial charge in [0.2, 0.25) is 0 Å². The number of guanidine groups is 1. The monoisotopic (exact) mass is 351 g/mol. The number of likely N-dealkylation sites (tertiary alicyclic amines) is 2. The Balaban J connectivity index is 1.49. The molecule has 0 aromatic rings. The van der Waals surface area contributed by atoms with Crippen molar-refractivity contribution >= 4 is 5.96 Å². The van der Waals surface area contributed by atoms with Gasteiger partial charge >= 0.3 is 0 Å². The van der Waals surface area contributed by atoms with Crippen LogP contribution in [0.5, 0.6) is 0 Å². The summed E-state index contributed by atoms with van der Waals surface area (Å²) in [6, 6.07) is 0. The first-order valence-corrected chi connectivity index (χ1v) is 10.6. The van der Waals surface area contributed by atoms with E-state index in [2.05, 4.69) is 39.3 Å². The number of rotatable bonds is 8. The zero-order valence-corrected chi connectivity index (χ0v) is 16.9. The van der Waals surface area contributed by atoms with Crippen molar-refractivity contribution in [1.82, 2.24) is 20.4 Å². The topological polar surface area (TPSA) is 42.9 Å². The van der Waals surface area contributed by atoms with Crippen molar-refractivity contribution in [3.63, 3.8) is 0 Å². The number of aliphatic imine (C=N–C) groups is 1. The van der Waals surface area contributed by atoms with Crippen molar-refractivity contribution in [1.29, 1.82) is 0 Å². The van der Waals surface area contributed by atoms with E-state index in [1.807, 2.05) is 7.05 Å². The minimum Gasteiger partial charge on any atom is -0.356 e. The lowest BCUT2D eigenvalue weighted by Crippen LogP contribution is -2.41. The fourth-order valence-electron chi connectivity index (χ4n) is 4.00. The molecule has 0 aromatic carbocycles. The van der Waals surface area contributed by atoms with Gasteiger partial charge in [-0.15, -0.1) is 0 Å². The van der Waals surface area contributed by atoms with Gasteiger partial charge in [-0.25, -0.2) is 0 Å². The Morgan fingerprint density at radius 3 is 2.24 bits per heavy atom. The van der Waals surface area contributed by atoms with Crippen molar-refractivity contribution < 1.29 is 0 Å². The standard InChI is InChI=1S/C20H41N5/c1-4-24-16-9-19(10-17-24)6-12-23-20(21-3)22-11-5-13-25-14-7-18(2)8-15-25/h18-19H,4-17H2,1-3H3,(H2,21,22,23). The van der Waals surface area contributed by atoms with E-state index in [1.165, 1.54) is 77.8 Å². The highest BCUT2D eigenvalue weighted by atomic mass is 15.2. The molecule has 0 spiro atoms. The van der Waals surface area contributed by atoms with Crippen LogP contribution in [0.4, 0.5) is 0 Å². The van der Waals surface area contributed by atoms with Crippen LogP contribution in [0, 0.1) is 11.8 Å². The molecule has 0 aliphatic carbocycles. The van der Waals surface area contributed by atoms with Crippen molar-refractivity contribution in [3.05, 3.63) is 0 Å². The summed E-state index contributed by atoms with van der Waals surface area (Å²) in [7, 11) is 1.88. The highest BCUT2D eigenvalue weighted by Gasteiger charge is 2.17. The smallest absolute Gasteiger partial charge is 0.190 e. The van der Waals surface area contributed by atoms with Crippen molar-refractivity contribution in [2.24, 2.45) is 16.8 Å². The number of piperidine rings is 2. The van der Waals surface area contributed by atoms with Crippen LogP contribution < -0.4 is 10.6 Å². The number of nitrogens with one attached hydrogen (secondary N) is 2. The molecule has 2 aliphatic rings. The van der Waals surface area contributed by atoms with Gasteiger partial charge in [-0.2, -0.15) is 0 Å². The first-order valence-electron chi connectivity index (χ1n) is 10.6. The third kappa shape index (κ3) is 7.95. The molecule has 2 aliphatic heterocycles. The third-order valence-electron chi connectivity index (χ3n) is 6.04. The summed E-state index contributed by atoms with van der Waals surface area (Å²) in [4.78, 5) is 9.54. The van der Waals surface area contributed by atoms with Gasteiger partial charge in [-0.1, -0.05) is 13.8 Å². The summed E-state index contributed by atoms with van der Waals surface area (Å²) in [6.07, 6.45) is 7.92. The molecule has 2 N–H and O–H groups in total. The summed E-state index contributed by atoms with van der Waals surface area (Å²) >= 11 is 0. The van der Waals surface area contributed by atoms with Gasteiger partial charge in [-0.3, -0.25) is 4.99 Å². The normalized spacial score (nSPS) is 22.3. The Hall–Kier alpha value is -0.810. The van der Waals surface area contributed by atoms with E-state index >= 15 is 0 Å². The van der Waals surface area contributed by atoms with Crippen molar-refractivity contribution in [2.75, 3.05) is 59.4 Å². The fraction of sp³-hybridized carbons (Fsp3) is 0.950. The summed E-state index contributed by atoms with van der Waals surface area (Å²) in [5.41, 5.74) is 0. The van der Waals surface area contributed by atoms with Gasteiger partial charge in [0, 0.05) is 20.1 Å². The molecule has 0 aromatic heterocycles. The second kappa shape index (κ2) is 11.7. The lowest BCUT2D eigenvalue weighted by Gasteiger charge is -2.31. The minimum atomic E-state index is 0.884. The van der Waals surface area contributed by atoms with Crippen LogP contribution >= 0.6 is 0 Å². The van der Waals surface area contributed by atoms with Gasteiger partial charge in [0.25, 0.3) is 0 Å². The molecule has 0 saturated carbocycles. The molecule has 0 radical (unpaired) electrons. The Morgan fingerprint density at radius 1 is 0.960 bits per heavy atom. The van der Waals surface area contributed by atoms with Crippen LogP contribution in [0.15, 0.2) is 4.99 Å². The molecule has 2 fully saturated rings. The van der Waals surface area contributed by atoms with Gasteiger partial charge in [-0.05, 0) is 89.6 Å². The quantitative estimate of drug-likeness (QED) is 0.400. The molecule has 0 unspecified atom stereocenters. The summed E-state index contributed by atoms with van der Waals surface area (Å²) < 4.78 is 0. The maximum absolute atomic E-state index is 4.36. The zero-order valence-electron chi connectivity index (χ0n) is 16.9. The zero-order chi connectivity index (χ0) is 17.9. The number of hydrogen-bond donors (Lipinski definition) is 2. The highest BCUT2D eigenvalue weighted by molar-refractivity contribution is 5.79. The van der Waals surface area contributed by atoms with Crippen LogP contribution in [-0.2, 0) is 0 Å². The third-order valence-corrected chi connectivity index (χ3v) is 6.04. The Morgan fingerprint density at radius 2 is 1.60 bits per heavy atom. The molecular formula is C20H41N5. The summed E-state index contributed by atoms with van der Waals surface area (Å²) in [5.74, 6) is 2.78. The van der Waals surface area contributed by atoms with Gasteiger partial charge < -0.3 is 20.4 Å². The molecule has 0 amide bonds. The number of hydrogen-bond acceptors (Lipinski definition) is 3. The fourth-order valence-corrected chi connectivity index (χ4v) is 4.00. The van der Waals surface area contributed by atoms with E-state index in [4.69, 9.17) is 0 Å². The summed E-state index contributed by atoms with van der Waals surface area (Å²) in [6.45, 7) is 14.2.